The van der Waals surface area contributed by atoms with Crippen molar-refractivity contribution < 1.29 is 38.5 Å². The second kappa shape index (κ2) is 9.06. The number of ketones is 1. The first-order chi connectivity index (χ1) is 9.61. The Morgan fingerprint density at radius 3 is 2.10 bits per heavy atom. The molecule has 1 N–H and O–H groups in total. The topological polar surface area (TPSA) is 116 Å². The lowest BCUT2D eigenvalue weighted by atomic mass is 10.2. The first-order valence-electron chi connectivity index (χ1n) is 6.33. The Morgan fingerprint density at radius 1 is 0.952 bits per heavy atom. The third kappa shape index (κ3) is 11.6. The summed E-state index contributed by atoms with van der Waals surface area (Å²) >= 11 is 0. The lowest BCUT2D eigenvalue weighted by Crippen LogP contribution is -2.27. The predicted molar refractivity (Wildman–Crippen MR) is 69.5 cm³/mol. The Bertz CT molecular complexity index is 393. The fraction of sp³-hybridized carbons (Fsp3) is 0.692. The molecule has 0 saturated heterocycles. The summed E-state index contributed by atoms with van der Waals surface area (Å²) in [4.78, 5) is 43.3. The molecule has 0 spiro atoms. The number of esters is 2. The molecular formula is C13H20O8. The maximum atomic E-state index is 11.2. The second-order valence-corrected chi connectivity index (χ2v) is 5.09. The molecule has 0 amide bonds. The van der Waals surface area contributed by atoms with E-state index in [0.29, 0.717) is 0 Å². The van der Waals surface area contributed by atoms with Gasteiger partial charge in [0.2, 0.25) is 5.78 Å². The van der Waals surface area contributed by atoms with Gasteiger partial charge in [0.15, 0.2) is 0 Å². The van der Waals surface area contributed by atoms with Gasteiger partial charge in [0.1, 0.15) is 18.8 Å². The van der Waals surface area contributed by atoms with Crippen LogP contribution in [0.25, 0.3) is 0 Å². The molecule has 0 fully saturated rings. The van der Waals surface area contributed by atoms with Crippen molar-refractivity contribution in [1.29, 1.82) is 0 Å². The normalized spacial score (nSPS) is 10.8. The number of carboxylic acid groups (broad SMARTS) is 1. The number of rotatable bonds is 9. The highest BCUT2D eigenvalue weighted by molar-refractivity contribution is 6.32. The number of Topliss-reactive ketones (excluding diaryl/α,β-unsaturated/α-hetero) is 1. The van der Waals surface area contributed by atoms with Crippen molar-refractivity contribution >= 4 is 23.7 Å². The summed E-state index contributed by atoms with van der Waals surface area (Å²) < 4.78 is 14.6. The number of hydrogen-bond acceptors (Lipinski definition) is 7. The predicted octanol–water partition coefficient (Wildman–Crippen LogP) is 0.322. The number of carbonyl (C=O) groups excluding carboxylic acids is 3. The van der Waals surface area contributed by atoms with Crippen LogP contribution in [0.15, 0.2) is 0 Å². The summed E-state index contributed by atoms with van der Waals surface area (Å²) in [6.07, 6.45) is -0.718. The number of carbonyl (C=O) groups is 4. The van der Waals surface area contributed by atoms with E-state index in [1.54, 1.807) is 20.8 Å². The number of hydrogen-bond donors (Lipinski definition) is 1. The van der Waals surface area contributed by atoms with Crippen LogP contribution in [0.5, 0.6) is 0 Å². The van der Waals surface area contributed by atoms with Crippen molar-refractivity contribution in [1.82, 2.24) is 0 Å². The average molecular weight is 304 g/mol. The third-order valence-corrected chi connectivity index (χ3v) is 1.93. The molecule has 0 unspecified atom stereocenters. The molecule has 0 atom stereocenters. The molecule has 120 valence electrons. The first kappa shape index (κ1) is 19.0. The van der Waals surface area contributed by atoms with Gasteiger partial charge < -0.3 is 19.3 Å². The summed E-state index contributed by atoms with van der Waals surface area (Å²) in [6, 6.07) is 0. The molecule has 0 radical (unpaired) electrons. The van der Waals surface area contributed by atoms with Gasteiger partial charge in [-0.3, -0.25) is 9.59 Å². The van der Waals surface area contributed by atoms with Crippen molar-refractivity contribution in [3.05, 3.63) is 0 Å². The van der Waals surface area contributed by atoms with E-state index in [1.807, 2.05) is 0 Å². The van der Waals surface area contributed by atoms with Crippen LogP contribution in [0.3, 0.4) is 0 Å². The minimum atomic E-state index is -1.58. The van der Waals surface area contributed by atoms with E-state index in [1.165, 1.54) is 0 Å². The van der Waals surface area contributed by atoms with E-state index in [0.717, 1.165) is 0 Å². The van der Waals surface area contributed by atoms with E-state index < -0.39 is 35.7 Å². The number of aliphatic carboxylic acids is 1. The Morgan fingerprint density at radius 2 is 1.57 bits per heavy atom. The highest BCUT2D eigenvalue weighted by Gasteiger charge is 2.16. The van der Waals surface area contributed by atoms with Crippen molar-refractivity contribution in [2.75, 3.05) is 19.8 Å². The zero-order chi connectivity index (χ0) is 16.5. The van der Waals surface area contributed by atoms with Gasteiger partial charge in [-0.2, -0.15) is 0 Å². The monoisotopic (exact) mass is 304 g/mol. The van der Waals surface area contributed by atoms with Crippen LogP contribution >= 0.6 is 0 Å². The van der Waals surface area contributed by atoms with Gasteiger partial charge >= 0.3 is 17.9 Å². The van der Waals surface area contributed by atoms with Crippen LogP contribution in [0, 0.1) is 0 Å². The number of ether oxygens (including phenoxy) is 3. The number of carboxylic acids is 1. The minimum Gasteiger partial charge on any atom is -0.476 e. The van der Waals surface area contributed by atoms with Crippen molar-refractivity contribution in [2.45, 2.75) is 39.2 Å². The van der Waals surface area contributed by atoms with Gasteiger partial charge in [0, 0.05) is 6.42 Å². The lowest BCUT2D eigenvalue weighted by molar-refractivity contribution is -0.161. The molecular weight excluding hydrogens is 284 g/mol. The average Bonchev–Trinajstić information content (AvgIpc) is 2.33. The van der Waals surface area contributed by atoms with Crippen LogP contribution in [-0.2, 0) is 33.4 Å². The maximum Gasteiger partial charge on any atom is 0.372 e. The third-order valence-electron chi connectivity index (χ3n) is 1.93. The molecule has 0 aliphatic heterocycles. The Balaban J connectivity index is 3.63. The smallest absolute Gasteiger partial charge is 0.372 e. The van der Waals surface area contributed by atoms with Gasteiger partial charge in [-0.1, -0.05) is 0 Å². The van der Waals surface area contributed by atoms with Crippen molar-refractivity contribution in [2.24, 2.45) is 0 Å². The van der Waals surface area contributed by atoms with E-state index in [2.05, 4.69) is 0 Å². The maximum absolute atomic E-state index is 11.2. The zero-order valence-corrected chi connectivity index (χ0v) is 12.3. The fourth-order valence-electron chi connectivity index (χ4n) is 1.14. The highest BCUT2D eigenvalue weighted by Crippen LogP contribution is 2.06. The fourth-order valence-corrected chi connectivity index (χ4v) is 1.14. The molecule has 21 heavy (non-hydrogen) atoms. The zero-order valence-electron chi connectivity index (χ0n) is 12.3. The van der Waals surface area contributed by atoms with Crippen LogP contribution in [0.4, 0.5) is 0 Å². The van der Waals surface area contributed by atoms with Crippen molar-refractivity contribution in [3.8, 4) is 0 Å². The van der Waals surface area contributed by atoms with E-state index in [-0.39, 0.29) is 26.2 Å². The molecule has 0 aromatic rings. The summed E-state index contributed by atoms with van der Waals surface area (Å²) in [5.74, 6) is -3.86. The largest absolute Gasteiger partial charge is 0.476 e. The molecule has 0 heterocycles. The van der Waals surface area contributed by atoms with Crippen LogP contribution in [0.1, 0.15) is 33.6 Å². The Hall–Kier alpha value is -1.96. The minimum absolute atomic E-state index is 0.00212. The van der Waals surface area contributed by atoms with Crippen LogP contribution in [-0.4, -0.2) is 54.2 Å². The molecule has 8 heteroatoms. The Kier molecular flexibility index (Phi) is 8.22. The molecule has 0 bridgehead atoms. The second-order valence-electron chi connectivity index (χ2n) is 5.09. The van der Waals surface area contributed by atoms with Gasteiger partial charge in [0.25, 0.3) is 0 Å². The highest BCUT2D eigenvalue weighted by atomic mass is 16.6. The molecule has 0 aliphatic carbocycles. The molecule has 0 rings (SSSR count). The first-order valence-corrected chi connectivity index (χ1v) is 6.33. The SMILES string of the molecule is CC(C)(C)OC(=O)COCCOC(=O)CCC(=O)C(=O)O. The Labute approximate surface area is 122 Å². The van der Waals surface area contributed by atoms with Gasteiger partial charge in [-0.05, 0) is 20.8 Å². The van der Waals surface area contributed by atoms with Gasteiger partial charge in [-0.25, -0.2) is 9.59 Å². The lowest BCUT2D eigenvalue weighted by Gasteiger charge is -2.19. The van der Waals surface area contributed by atoms with E-state index in [4.69, 9.17) is 19.3 Å². The van der Waals surface area contributed by atoms with Gasteiger partial charge in [-0.15, -0.1) is 0 Å². The van der Waals surface area contributed by atoms with Crippen LogP contribution in [0.2, 0.25) is 0 Å². The summed E-state index contributed by atoms with van der Waals surface area (Å²) in [5.41, 5.74) is -0.594. The molecule has 0 saturated carbocycles. The molecule has 0 aliphatic rings. The van der Waals surface area contributed by atoms with E-state index >= 15 is 0 Å². The van der Waals surface area contributed by atoms with Gasteiger partial charge in [0.05, 0.1) is 13.0 Å². The van der Waals surface area contributed by atoms with E-state index in [9.17, 15) is 19.2 Å². The quantitative estimate of drug-likeness (QED) is 0.368. The molecule has 8 nitrogen and oxygen atoms in total. The molecule has 0 aromatic heterocycles. The summed E-state index contributed by atoms with van der Waals surface area (Å²) in [6.45, 7) is 4.83. The van der Waals surface area contributed by atoms with Crippen molar-refractivity contribution in [3.63, 3.8) is 0 Å². The summed E-state index contributed by atoms with van der Waals surface area (Å²) in [5, 5.41) is 8.31. The molecule has 0 aromatic carbocycles. The summed E-state index contributed by atoms with van der Waals surface area (Å²) in [7, 11) is 0. The standard InChI is InChI=1S/C13H20O8/c1-13(2,3)21-11(16)8-19-6-7-20-10(15)5-4-9(14)12(17)18/h4-8H2,1-3H3,(H,17,18). The van der Waals surface area contributed by atoms with Crippen LogP contribution < -0.4 is 0 Å².